The Morgan fingerprint density at radius 3 is 2.62 bits per heavy atom. The van der Waals surface area contributed by atoms with Crippen LogP contribution in [0.1, 0.15) is 38.5 Å². The van der Waals surface area contributed by atoms with Gasteiger partial charge >= 0.3 is 0 Å². The Kier molecular flexibility index (Phi) is 5.88. The van der Waals surface area contributed by atoms with E-state index >= 15 is 0 Å². The van der Waals surface area contributed by atoms with Gasteiger partial charge in [-0.05, 0) is 51.0 Å². The van der Waals surface area contributed by atoms with Crippen molar-refractivity contribution in [3.8, 4) is 0 Å². The van der Waals surface area contributed by atoms with Crippen molar-refractivity contribution in [3.05, 3.63) is 0 Å². The molecule has 3 aliphatic rings. The maximum atomic E-state index is 12.1. The van der Waals surface area contributed by atoms with Crippen LogP contribution in [-0.2, 0) is 9.59 Å². The number of amides is 2. The molecule has 2 unspecified atom stereocenters. The molecule has 5 nitrogen and oxygen atoms in total. The molecule has 0 aromatic heterocycles. The van der Waals surface area contributed by atoms with Gasteiger partial charge in [-0.3, -0.25) is 9.59 Å². The predicted octanol–water partition coefficient (Wildman–Crippen LogP) is 0.925. The molecular weight excluding hydrogens is 290 g/mol. The molecule has 2 saturated heterocycles. The van der Waals surface area contributed by atoms with E-state index in [1.165, 1.54) is 0 Å². The number of nitrogens with one attached hydrogen (secondary N) is 2. The summed E-state index contributed by atoms with van der Waals surface area (Å²) in [5.41, 5.74) is 0. The molecule has 2 amide bonds. The Morgan fingerprint density at radius 2 is 1.95 bits per heavy atom. The van der Waals surface area contributed by atoms with Crippen molar-refractivity contribution < 1.29 is 9.59 Å². The van der Waals surface area contributed by atoms with Crippen molar-refractivity contribution in [2.24, 2.45) is 11.8 Å². The summed E-state index contributed by atoms with van der Waals surface area (Å²) in [4.78, 5) is 26.1. The Hall–Kier alpha value is -0.810. The molecule has 1 aliphatic carbocycles. The molecule has 0 spiro atoms. The molecule has 2 heterocycles. The first-order valence-electron chi connectivity index (χ1n) is 8.04. The lowest BCUT2D eigenvalue weighted by Gasteiger charge is -2.33. The van der Waals surface area contributed by atoms with E-state index < -0.39 is 0 Å². The lowest BCUT2D eigenvalue weighted by atomic mass is 9.97. The first kappa shape index (κ1) is 16.6. The van der Waals surface area contributed by atoms with E-state index in [9.17, 15) is 9.59 Å². The van der Waals surface area contributed by atoms with Crippen LogP contribution in [0.2, 0.25) is 0 Å². The van der Waals surface area contributed by atoms with E-state index in [0.29, 0.717) is 24.3 Å². The van der Waals surface area contributed by atoms with Crippen molar-refractivity contribution in [2.45, 2.75) is 44.6 Å². The highest BCUT2D eigenvalue weighted by Crippen LogP contribution is 2.32. The minimum absolute atomic E-state index is 0. The van der Waals surface area contributed by atoms with E-state index in [-0.39, 0.29) is 24.4 Å². The van der Waals surface area contributed by atoms with Gasteiger partial charge in [-0.25, -0.2) is 0 Å². The Morgan fingerprint density at radius 1 is 1.14 bits per heavy atom. The number of piperidine rings is 1. The van der Waals surface area contributed by atoms with Gasteiger partial charge in [-0.1, -0.05) is 0 Å². The molecular formula is C15H26ClN3O2. The van der Waals surface area contributed by atoms with Gasteiger partial charge in [-0.2, -0.15) is 0 Å². The van der Waals surface area contributed by atoms with Crippen LogP contribution in [0.4, 0.5) is 0 Å². The maximum Gasteiger partial charge on any atom is 0.237 e. The van der Waals surface area contributed by atoms with Gasteiger partial charge in [0.15, 0.2) is 0 Å². The molecule has 0 aromatic carbocycles. The van der Waals surface area contributed by atoms with Crippen LogP contribution in [0.3, 0.4) is 0 Å². The Balaban J connectivity index is 0.00000161. The highest BCUT2D eigenvalue weighted by molar-refractivity contribution is 5.85. The fourth-order valence-corrected chi connectivity index (χ4v) is 3.30. The zero-order chi connectivity index (χ0) is 13.9. The summed E-state index contributed by atoms with van der Waals surface area (Å²) in [7, 11) is 0. The molecule has 2 aliphatic heterocycles. The first-order chi connectivity index (χ1) is 9.74. The lowest BCUT2D eigenvalue weighted by molar-refractivity contribution is -0.134. The average Bonchev–Trinajstić information content (AvgIpc) is 3.18. The molecule has 6 heteroatoms. The highest BCUT2D eigenvalue weighted by atomic mass is 35.5. The number of rotatable bonds is 4. The molecule has 0 radical (unpaired) electrons. The monoisotopic (exact) mass is 315 g/mol. The van der Waals surface area contributed by atoms with Crippen molar-refractivity contribution in [3.63, 3.8) is 0 Å². The van der Waals surface area contributed by atoms with E-state index in [2.05, 4.69) is 10.6 Å². The van der Waals surface area contributed by atoms with Gasteiger partial charge in [0, 0.05) is 25.6 Å². The highest BCUT2D eigenvalue weighted by Gasteiger charge is 2.35. The van der Waals surface area contributed by atoms with Gasteiger partial charge in [-0.15, -0.1) is 12.4 Å². The zero-order valence-corrected chi connectivity index (χ0v) is 13.3. The summed E-state index contributed by atoms with van der Waals surface area (Å²) >= 11 is 0. The zero-order valence-electron chi connectivity index (χ0n) is 12.5. The number of carbonyl (C=O) groups is 2. The molecule has 0 aromatic rings. The second-order valence-corrected chi connectivity index (χ2v) is 6.46. The molecule has 2 N–H and O–H groups in total. The van der Waals surface area contributed by atoms with E-state index in [1.807, 2.05) is 4.90 Å². The van der Waals surface area contributed by atoms with Gasteiger partial charge in [0.05, 0.1) is 6.04 Å². The first-order valence-corrected chi connectivity index (χ1v) is 8.04. The molecule has 2 atom stereocenters. The summed E-state index contributed by atoms with van der Waals surface area (Å²) in [5.74, 6) is 1.22. The van der Waals surface area contributed by atoms with Gasteiger partial charge < -0.3 is 15.5 Å². The number of nitrogens with zero attached hydrogens (tertiary/aromatic N) is 1. The maximum absolute atomic E-state index is 12.1. The third kappa shape index (κ3) is 4.33. The van der Waals surface area contributed by atoms with Crippen LogP contribution in [0.15, 0.2) is 0 Å². The van der Waals surface area contributed by atoms with Gasteiger partial charge in [0.25, 0.3) is 0 Å². The second-order valence-electron chi connectivity index (χ2n) is 6.46. The average molecular weight is 316 g/mol. The number of hydrogen-bond acceptors (Lipinski definition) is 3. The van der Waals surface area contributed by atoms with Crippen molar-refractivity contribution in [2.75, 3.05) is 26.2 Å². The van der Waals surface area contributed by atoms with Gasteiger partial charge in [0.1, 0.15) is 0 Å². The number of halogens is 1. The normalized spacial score (nSPS) is 28.9. The fraction of sp³-hybridized carbons (Fsp3) is 0.867. The Bertz CT molecular complexity index is 381. The SMILES string of the molecule is Cl.O=C(NCC1CCCN(C(=O)C2CC2)C1)C1CCCN1. The molecule has 1 saturated carbocycles. The minimum Gasteiger partial charge on any atom is -0.354 e. The summed E-state index contributed by atoms with van der Waals surface area (Å²) in [6.07, 6.45) is 6.37. The number of likely N-dealkylation sites (tertiary alicyclic amines) is 1. The predicted molar refractivity (Wildman–Crippen MR) is 83.3 cm³/mol. The third-order valence-corrected chi connectivity index (χ3v) is 4.70. The quantitative estimate of drug-likeness (QED) is 0.811. The van der Waals surface area contributed by atoms with Crippen molar-refractivity contribution in [1.82, 2.24) is 15.5 Å². The summed E-state index contributed by atoms with van der Waals surface area (Å²) in [6, 6.07) is 0.00258. The van der Waals surface area contributed by atoms with Crippen LogP contribution in [0.25, 0.3) is 0 Å². The van der Waals surface area contributed by atoms with Crippen molar-refractivity contribution in [1.29, 1.82) is 0 Å². The molecule has 21 heavy (non-hydrogen) atoms. The Labute approximate surface area is 132 Å². The van der Waals surface area contributed by atoms with Crippen molar-refractivity contribution >= 4 is 24.2 Å². The topological polar surface area (TPSA) is 61.4 Å². The largest absolute Gasteiger partial charge is 0.354 e. The molecule has 3 rings (SSSR count). The molecule has 3 fully saturated rings. The molecule has 0 bridgehead atoms. The second kappa shape index (κ2) is 7.45. The van der Waals surface area contributed by atoms with E-state index in [0.717, 1.165) is 58.2 Å². The standard InChI is InChI=1S/C15H25N3O2.ClH/c19-14(13-4-1-7-16-13)17-9-11-3-2-8-18(10-11)15(20)12-5-6-12;/h11-13,16H,1-10H2,(H,17,19);1H. The van der Waals surface area contributed by atoms with Gasteiger partial charge in [0.2, 0.25) is 11.8 Å². The van der Waals surface area contributed by atoms with Crippen LogP contribution < -0.4 is 10.6 Å². The third-order valence-electron chi connectivity index (χ3n) is 4.70. The number of carbonyl (C=O) groups excluding carboxylic acids is 2. The molecule has 120 valence electrons. The van der Waals surface area contributed by atoms with Crippen LogP contribution in [-0.4, -0.2) is 48.9 Å². The smallest absolute Gasteiger partial charge is 0.237 e. The lowest BCUT2D eigenvalue weighted by Crippen LogP contribution is -2.47. The summed E-state index contributed by atoms with van der Waals surface area (Å²) in [5, 5.41) is 6.28. The summed E-state index contributed by atoms with van der Waals surface area (Å²) < 4.78 is 0. The fourth-order valence-electron chi connectivity index (χ4n) is 3.30. The van der Waals surface area contributed by atoms with E-state index in [4.69, 9.17) is 0 Å². The van der Waals surface area contributed by atoms with E-state index in [1.54, 1.807) is 0 Å². The minimum atomic E-state index is 0. The summed E-state index contributed by atoms with van der Waals surface area (Å²) in [6.45, 7) is 3.40. The van der Waals surface area contributed by atoms with Crippen LogP contribution in [0, 0.1) is 11.8 Å². The van der Waals surface area contributed by atoms with Crippen LogP contribution >= 0.6 is 12.4 Å². The van der Waals surface area contributed by atoms with Crippen LogP contribution in [0.5, 0.6) is 0 Å². The number of hydrogen-bond donors (Lipinski definition) is 2.